The van der Waals surface area contributed by atoms with Crippen LogP contribution in [0.1, 0.15) is 0 Å². The molecule has 108 valence electrons. The molecule has 0 aliphatic rings. The van der Waals surface area contributed by atoms with Gasteiger partial charge in [0.15, 0.2) is 0 Å². The first kappa shape index (κ1) is 14.7. The first-order valence-corrected chi connectivity index (χ1v) is 6.89. The highest BCUT2D eigenvalue weighted by Gasteiger charge is 1.98. The average Bonchev–Trinajstić information content (AvgIpc) is 2.53. The van der Waals surface area contributed by atoms with Crippen molar-refractivity contribution in [2.45, 2.75) is 0 Å². The van der Waals surface area contributed by atoms with Crippen molar-refractivity contribution in [1.29, 1.82) is 0 Å². The van der Waals surface area contributed by atoms with E-state index in [9.17, 15) is 0 Å². The van der Waals surface area contributed by atoms with E-state index < -0.39 is 0 Å². The molecule has 0 saturated heterocycles. The minimum Gasteiger partial charge on any atom is -0.457 e. The number of anilines is 2. The third-order valence-corrected chi connectivity index (χ3v) is 2.85. The Bertz CT molecular complexity index is 520. The van der Waals surface area contributed by atoms with Crippen molar-refractivity contribution in [1.82, 2.24) is 0 Å². The Balaban J connectivity index is 1.94. The molecule has 21 heavy (non-hydrogen) atoms. The average molecular weight is 280 g/mol. The Kier molecular flexibility index (Phi) is 5.47. The molecule has 2 aromatic rings. The lowest BCUT2D eigenvalue weighted by molar-refractivity contribution is 0.483. The van der Waals surface area contributed by atoms with Crippen molar-refractivity contribution in [3.8, 4) is 11.5 Å². The van der Waals surface area contributed by atoms with Crippen LogP contribution in [0, 0.1) is 0 Å². The van der Waals surface area contributed by atoms with Gasteiger partial charge in [-0.05, 0) is 48.5 Å². The molecule has 3 heteroatoms. The van der Waals surface area contributed by atoms with Gasteiger partial charge in [0, 0.05) is 24.5 Å². The SMILES string of the molecule is C=CCNc1ccc(Oc2ccc(NCC=C)cc2)cc1. The highest BCUT2D eigenvalue weighted by atomic mass is 16.5. The maximum atomic E-state index is 5.80. The summed E-state index contributed by atoms with van der Waals surface area (Å²) in [7, 11) is 0. The van der Waals surface area contributed by atoms with Crippen LogP contribution in [0.3, 0.4) is 0 Å². The van der Waals surface area contributed by atoms with Crippen LogP contribution >= 0.6 is 0 Å². The van der Waals surface area contributed by atoms with Gasteiger partial charge in [-0.1, -0.05) is 12.2 Å². The van der Waals surface area contributed by atoms with E-state index >= 15 is 0 Å². The molecule has 0 unspecified atom stereocenters. The third-order valence-electron chi connectivity index (χ3n) is 2.85. The number of ether oxygens (including phenoxy) is 1. The standard InChI is InChI=1S/C18H20N2O/c1-3-13-19-15-5-9-17(10-6-15)21-18-11-7-16(8-12-18)20-14-4-2/h3-12,19-20H,1-2,13-14H2. The fraction of sp³-hybridized carbons (Fsp3) is 0.111. The van der Waals surface area contributed by atoms with Crippen LogP contribution in [0.15, 0.2) is 73.8 Å². The lowest BCUT2D eigenvalue weighted by Crippen LogP contribution is -1.97. The molecule has 0 spiro atoms. The molecule has 0 bridgehead atoms. The summed E-state index contributed by atoms with van der Waals surface area (Å²) in [6, 6.07) is 15.7. The van der Waals surface area contributed by atoms with Crippen molar-refractivity contribution in [2.24, 2.45) is 0 Å². The van der Waals surface area contributed by atoms with Gasteiger partial charge in [-0.15, -0.1) is 13.2 Å². The van der Waals surface area contributed by atoms with Crippen molar-refractivity contribution < 1.29 is 4.74 Å². The van der Waals surface area contributed by atoms with Crippen molar-refractivity contribution in [3.63, 3.8) is 0 Å². The molecule has 2 rings (SSSR count). The first-order valence-electron chi connectivity index (χ1n) is 6.89. The summed E-state index contributed by atoms with van der Waals surface area (Å²) in [5.74, 6) is 1.62. The van der Waals surface area contributed by atoms with Gasteiger partial charge in [-0.2, -0.15) is 0 Å². The zero-order chi connectivity index (χ0) is 14.9. The molecule has 2 N–H and O–H groups in total. The number of benzene rings is 2. The Morgan fingerprint density at radius 1 is 0.714 bits per heavy atom. The van der Waals surface area contributed by atoms with E-state index in [2.05, 4.69) is 23.8 Å². The first-order chi connectivity index (χ1) is 10.3. The van der Waals surface area contributed by atoms with E-state index in [4.69, 9.17) is 4.74 Å². The Hall–Kier alpha value is -2.68. The smallest absolute Gasteiger partial charge is 0.127 e. The highest BCUT2D eigenvalue weighted by molar-refractivity contribution is 5.49. The minimum atomic E-state index is 0.749. The van der Waals surface area contributed by atoms with E-state index in [1.807, 2.05) is 60.7 Å². The Morgan fingerprint density at radius 2 is 1.10 bits per heavy atom. The summed E-state index contributed by atoms with van der Waals surface area (Å²) in [4.78, 5) is 0. The molecular formula is C18H20N2O. The molecule has 0 amide bonds. The number of hydrogen-bond acceptors (Lipinski definition) is 3. The van der Waals surface area contributed by atoms with E-state index in [1.54, 1.807) is 0 Å². The second-order valence-electron chi connectivity index (χ2n) is 4.49. The summed E-state index contributed by atoms with van der Waals surface area (Å²) >= 11 is 0. The fourth-order valence-corrected chi connectivity index (χ4v) is 1.80. The molecule has 3 nitrogen and oxygen atoms in total. The van der Waals surface area contributed by atoms with Gasteiger partial charge in [0.05, 0.1) is 0 Å². The summed E-state index contributed by atoms with van der Waals surface area (Å²) < 4.78 is 5.80. The number of hydrogen-bond donors (Lipinski definition) is 2. The monoisotopic (exact) mass is 280 g/mol. The number of nitrogens with one attached hydrogen (secondary N) is 2. The van der Waals surface area contributed by atoms with Crippen LogP contribution in [0.25, 0.3) is 0 Å². The van der Waals surface area contributed by atoms with Gasteiger partial charge in [0.2, 0.25) is 0 Å². The number of rotatable bonds is 8. The van der Waals surface area contributed by atoms with E-state index in [0.717, 1.165) is 36.0 Å². The zero-order valence-corrected chi connectivity index (χ0v) is 12.0. The van der Waals surface area contributed by atoms with Crippen LogP contribution in [0.2, 0.25) is 0 Å². The minimum absolute atomic E-state index is 0.749. The third kappa shape index (κ3) is 4.73. The summed E-state index contributed by atoms with van der Waals surface area (Å²) in [6.07, 6.45) is 3.65. The topological polar surface area (TPSA) is 33.3 Å². The van der Waals surface area contributed by atoms with Crippen LogP contribution in [0.5, 0.6) is 11.5 Å². The quantitative estimate of drug-likeness (QED) is 0.689. The van der Waals surface area contributed by atoms with Gasteiger partial charge in [-0.25, -0.2) is 0 Å². The van der Waals surface area contributed by atoms with Crippen molar-refractivity contribution in [2.75, 3.05) is 23.7 Å². The lowest BCUT2D eigenvalue weighted by Gasteiger charge is -2.09. The van der Waals surface area contributed by atoms with Crippen molar-refractivity contribution >= 4 is 11.4 Å². The Labute approximate surface area is 126 Å². The Morgan fingerprint density at radius 3 is 1.43 bits per heavy atom. The molecule has 0 radical (unpaired) electrons. The summed E-state index contributed by atoms with van der Waals surface area (Å²) in [5.41, 5.74) is 2.09. The predicted molar refractivity (Wildman–Crippen MR) is 90.3 cm³/mol. The van der Waals surface area contributed by atoms with Gasteiger partial charge in [0.1, 0.15) is 11.5 Å². The van der Waals surface area contributed by atoms with Gasteiger partial charge in [0.25, 0.3) is 0 Å². The van der Waals surface area contributed by atoms with Gasteiger partial charge < -0.3 is 15.4 Å². The zero-order valence-electron chi connectivity index (χ0n) is 12.0. The van der Waals surface area contributed by atoms with Crippen LogP contribution in [-0.4, -0.2) is 13.1 Å². The molecule has 0 aliphatic carbocycles. The predicted octanol–water partition coefficient (Wildman–Crippen LogP) is 4.67. The molecule has 0 aromatic heterocycles. The second kappa shape index (κ2) is 7.80. The van der Waals surface area contributed by atoms with E-state index in [-0.39, 0.29) is 0 Å². The lowest BCUT2D eigenvalue weighted by atomic mass is 10.3. The van der Waals surface area contributed by atoms with Crippen LogP contribution < -0.4 is 15.4 Å². The molecule has 2 aromatic carbocycles. The summed E-state index contributed by atoms with van der Waals surface area (Å²) in [6.45, 7) is 8.85. The molecular weight excluding hydrogens is 260 g/mol. The highest BCUT2D eigenvalue weighted by Crippen LogP contribution is 2.24. The maximum absolute atomic E-state index is 5.80. The largest absolute Gasteiger partial charge is 0.457 e. The molecule has 0 atom stereocenters. The second-order valence-corrected chi connectivity index (χ2v) is 4.49. The van der Waals surface area contributed by atoms with E-state index in [0.29, 0.717) is 0 Å². The summed E-state index contributed by atoms with van der Waals surface area (Å²) in [5, 5.41) is 6.44. The normalized spacial score (nSPS) is 9.71. The van der Waals surface area contributed by atoms with Gasteiger partial charge in [-0.3, -0.25) is 0 Å². The molecule has 0 saturated carbocycles. The van der Waals surface area contributed by atoms with Crippen molar-refractivity contribution in [3.05, 3.63) is 73.8 Å². The fourth-order valence-electron chi connectivity index (χ4n) is 1.80. The van der Waals surface area contributed by atoms with Gasteiger partial charge >= 0.3 is 0 Å². The maximum Gasteiger partial charge on any atom is 0.127 e. The molecule has 0 heterocycles. The molecule has 0 aliphatic heterocycles. The van der Waals surface area contributed by atoms with Crippen LogP contribution in [0.4, 0.5) is 11.4 Å². The molecule has 0 fully saturated rings. The van der Waals surface area contributed by atoms with Crippen LogP contribution in [-0.2, 0) is 0 Å². The van der Waals surface area contributed by atoms with E-state index in [1.165, 1.54) is 0 Å².